The zero-order valence-corrected chi connectivity index (χ0v) is 13.8. The third kappa shape index (κ3) is 3.91. The summed E-state index contributed by atoms with van der Waals surface area (Å²) in [4.78, 5) is 21.7. The van der Waals surface area contributed by atoms with Gasteiger partial charge in [-0.2, -0.15) is 0 Å². The van der Waals surface area contributed by atoms with Gasteiger partial charge in [0.25, 0.3) is 0 Å². The number of piperidine rings is 1. The first-order valence-corrected chi connectivity index (χ1v) is 8.31. The molecule has 0 aliphatic carbocycles. The lowest BCUT2D eigenvalue weighted by molar-refractivity contribution is -0.131. The third-order valence-corrected chi connectivity index (χ3v) is 4.50. The molecule has 7 heteroatoms. The molecule has 2 atom stereocenters. The summed E-state index contributed by atoms with van der Waals surface area (Å²) in [5, 5.41) is 12.9. The fourth-order valence-electron chi connectivity index (χ4n) is 3.11. The molecule has 1 aliphatic rings. The molecule has 2 aromatic rings. The van der Waals surface area contributed by atoms with Gasteiger partial charge in [0.15, 0.2) is 0 Å². The van der Waals surface area contributed by atoms with Gasteiger partial charge in [-0.05, 0) is 38.1 Å². The highest BCUT2D eigenvalue weighted by molar-refractivity contribution is 5.79. The second-order valence-corrected chi connectivity index (χ2v) is 6.46. The predicted molar refractivity (Wildman–Crippen MR) is 89.0 cm³/mol. The zero-order valence-electron chi connectivity index (χ0n) is 13.8. The van der Waals surface area contributed by atoms with Crippen molar-refractivity contribution in [3.63, 3.8) is 0 Å². The van der Waals surface area contributed by atoms with Crippen molar-refractivity contribution in [2.75, 3.05) is 26.7 Å². The number of aromatic amines is 1. The maximum Gasteiger partial charge on any atom is 0.227 e. The van der Waals surface area contributed by atoms with Crippen molar-refractivity contribution in [2.45, 2.75) is 25.4 Å². The molecule has 1 amide bonds. The molecule has 1 fully saturated rings. The van der Waals surface area contributed by atoms with E-state index < -0.39 is 6.10 Å². The van der Waals surface area contributed by atoms with Crippen LogP contribution in [0.15, 0.2) is 18.2 Å². The second kappa shape index (κ2) is 7.27. The Morgan fingerprint density at radius 1 is 1.54 bits per heavy atom. The summed E-state index contributed by atoms with van der Waals surface area (Å²) >= 11 is 0. The third-order valence-electron chi connectivity index (χ3n) is 4.50. The van der Waals surface area contributed by atoms with E-state index in [-0.39, 0.29) is 17.6 Å². The summed E-state index contributed by atoms with van der Waals surface area (Å²) in [6, 6.07) is 4.46. The molecule has 1 aliphatic heterocycles. The molecule has 0 spiro atoms. The van der Waals surface area contributed by atoms with Crippen molar-refractivity contribution in [2.24, 2.45) is 5.92 Å². The van der Waals surface area contributed by atoms with Gasteiger partial charge in [-0.1, -0.05) is 0 Å². The van der Waals surface area contributed by atoms with E-state index in [4.69, 9.17) is 0 Å². The smallest absolute Gasteiger partial charge is 0.227 e. The van der Waals surface area contributed by atoms with E-state index in [1.165, 1.54) is 12.1 Å². The average molecular weight is 334 g/mol. The van der Waals surface area contributed by atoms with Crippen LogP contribution in [0.5, 0.6) is 0 Å². The van der Waals surface area contributed by atoms with Crippen LogP contribution in [-0.4, -0.2) is 58.7 Å². The van der Waals surface area contributed by atoms with Crippen molar-refractivity contribution < 1.29 is 14.3 Å². The quantitative estimate of drug-likeness (QED) is 0.714. The van der Waals surface area contributed by atoms with Gasteiger partial charge >= 0.3 is 0 Å². The number of H-pyrrole nitrogens is 1. The fourth-order valence-corrected chi connectivity index (χ4v) is 3.11. The summed E-state index contributed by atoms with van der Waals surface area (Å²) in [6.45, 7) is 1.93. The van der Waals surface area contributed by atoms with Crippen LogP contribution in [0.3, 0.4) is 0 Å². The molecule has 0 radical (unpaired) electrons. The lowest BCUT2D eigenvalue weighted by atomic mass is 9.94. The van der Waals surface area contributed by atoms with Gasteiger partial charge < -0.3 is 20.3 Å². The zero-order chi connectivity index (χ0) is 17.1. The largest absolute Gasteiger partial charge is 0.392 e. The SMILES string of the molecule is CN1CC[C@H](O)[C@H](C(=O)NCCCc2nc3ccc(F)cc3[nH]2)C1. The predicted octanol–water partition coefficient (Wildman–Crippen LogP) is 1.06. The van der Waals surface area contributed by atoms with E-state index in [2.05, 4.69) is 20.2 Å². The number of fused-ring (bicyclic) bond motifs is 1. The highest BCUT2D eigenvalue weighted by Gasteiger charge is 2.31. The van der Waals surface area contributed by atoms with Gasteiger partial charge in [0.2, 0.25) is 5.91 Å². The number of amides is 1. The molecular weight excluding hydrogens is 311 g/mol. The first kappa shape index (κ1) is 16.9. The minimum Gasteiger partial charge on any atom is -0.392 e. The fraction of sp³-hybridized carbons (Fsp3) is 0.529. The molecule has 1 aromatic carbocycles. The van der Waals surface area contributed by atoms with Crippen molar-refractivity contribution >= 4 is 16.9 Å². The number of carbonyl (C=O) groups is 1. The Labute approximate surface area is 140 Å². The number of benzene rings is 1. The monoisotopic (exact) mass is 334 g/mol. The number of aliphatic hydroxyl groups excluding tert-OH is 1. The Morgan fingerprint density at radius 3 is 3.21 bits per heavy atom. The molecular formula is C17H23FN4O2. The van der Waals surface area contributed by atoms with E-state index in [9.17, 15) is 14.3 Å². The second-order valence-electron chi connectivity index (χ2n) is 6.46. The first-order valence-electron chi connectivity index (χ1n) is 8.31. The Bertz CT molecular complexity index is 718. The van der Waals surface area contributed by atoms with Gasteiger partial charge in [-0.15, -0.1) is 0 Å². The lowest BCUT2D eigenvalue weighted by Crippen LogP contribution is -2.48. The van der Waals surface area contributed by atoms with Crippen LogP contribution in [0.1, 0.15) is 18.7 Å². The number of aromatic nitrogens is 2. The number of nitrogens with zero attached hydrogens (tertiary/aromatic N) is 2. The van der Waals surface area contributed by atoms with E-state index in [0.29, 0.717) is 31.4 Å². The van der Waals surface area contributed by atoms with Crippen LogP contribution >= 0.6 is 0 Å². The molecule has 6 nitrogen and oxygen atoms in total. The highest BCUT2D eigenvalue weighted by atomic mass is 19.1. The van der Waals surface area contributed by atoms with Crippen molar-refractivity contribution in [1.29, 1.82) is 0 Å². The Morgan fingerprint density at radius 2 is 2.38 bits per heavy atom. The van der Waals surface area contributed by atoms with E-state index in [0.717, 1.165) is 24.3 Å². The number of likely N-dealkylation sites (tertiary alicyclic amines) is 1. The van der Waals surface area contributed by atoms with Gasteiger partial charge in [-0.25, -0.2) is 9.37 Å². The topological polar surface area (TPSA) is 81.2 Å². The standard InChI is InChI=1S/C17H23FN4O2/c1-22-8-6-15(23)12(10-22)17(24)19-7-2-3-16-20-13-5-4-11(18)9-14(13)21-16/h4-5,9,12,15,23H,2-3,6-8,10H2,1H3,(H,19,24)(H,20,21)/t12-,15+/m1/s1. The number of aliphatic hydroxyl groups is 1. The summed E-state index contributed by atoms with van der Waals surface area (Å²) in [7, 11) is 1.95. The molecule has 0 unspecified atom stereocenters. The molecule has 24 heavy (non-hydrogen) atoms. The Hall–Kier alpha value is -1.99. The van der Waals surface area contributed by atoms with Gasteiger partial charge in [0.1, 0.15) is 11.6 Å². The number of rotatable bonds is 5. The van der Waals surface area contributed by atoms with Crippen LogP contribution < -0.4 is 5.32 Å². The van der Waals surface area contributed by atoms with Crippen LogP contribution in [0, 0.1) is 11.7 Å². The Balaban J connectivity index is 1.46. The number of aryl methyl sites for hydroxylation is 1. The Kier molecular flexibility index (Phi) is 5.11. The van der Waals surface area contributed by atoms with Crippen LogP contribution in [0.2, 0.25) is 0 Å². The van der Waals surface area contributed by atoms with Crippen molar-refractivity contribution in [3.8, 4) is 0 Å². The molecule has 130 valence electrons. The van der Waals surface area contributed by atoms with Crippen LogP contribution in [0.4, 0.5) is 4.39 Å². The minimum atomic E-state index is -0.563. The van der Waals surface area contributed by atoms with E-state index in [1.54, 1.807) is 6.07 Å². The maximum absolute atomic E-state index is 13.2. The van der Waals surface area contributed by atoms with E-state index >= 15 is 0 Å². The molecule has 3 rings (SSSR count). The first-order chi connectivity index (χ1) is 11.5. The maximum atomic E-state index is 13.2. The number of nitrogens with one attached hydrogen (secondary N) is 2. The minimum absolute atomic E-state index is 0.0965. The molecule has 0 saturated carbocycles. The van der Waals surface area contributed by atoms with Crippen LogP contribution in [0.25, 0.3) is 11.0 Å². The summed E-state index contributed by atoms with van der Waals surface area (Å²) in [5.74, 6) is 0.0295. The number of hydrogen-bond acceptors (Lipinski definition) is 4. The molecule has 1 aromatic heterocycles. The van der Waals surface area contributed by atoms with Gasteiger partial charge in [0, 0.05) is 26.1 Å². The molecule has 3 N–H and O–H groups in total. The number of hydrogen-bond donors (Lipinski definition) is 3. The van der Waals surface area contributed by atoms with Crippen molar-refractivity contribution in [1.82, 2.24) is 20.2 Å². The number of carbonyl (C=O) groups excluding carboxylic acids is 1. The summed E-state index contributed by atoms with van der Waals surface area (Å²) in [5.41, 5.74) is 1.42. The molecule has 1 saturated heterocycles. The summed E-state index contributed by atoms with van der Waals surface area (Å²) < 4.78 is 13.2. The molecule has 2 heterocycles. The van der Waals surface area contributed by atoms with E-state index in [1.807, 2.05) is 7.05 Å². The number of halogens is 1. The molecule has 0 bridgehead atoms. The number of imidazole rings is 1. The van der Waals surface area contributed by atoms with Crippen LogP contribution in [-0.2, 0) is 11.2 Å². The normalized spacial score (nSPS) is 22.0. The van der Waals surface area contributed by atoms with Gasteiger partial charge in [-0.3, -0.25) is 4.79 Å². The average Bonchev–Trinajstić information content (AvgIpc) is 2.95. The lowest BCUT2D eigenvalue weighted by Gasteiger charge is -2.32. The van der Waals surface area contributed by atoms with Crippen molar-refractivity contribution in [3.05, 3.63) is 29.8 Å². The van der Waals surface area contributed by atoms with Gasteiger partial charge in [0.05, 0.1) is 23.1 Å². The highest BCUT2D eigenvalue weighted by Crippen LogP contribution is 2.16. The summed E-state index contributed by atoms with van der Waals surface area (Å²) in [6.07, 6.45) is 1.46.